The Morgan fingerprint density at radius 1 is 1.14 bits per heavy atom. The van der Waals surface area contributed by atoms with E-state index in [1.807, 2.05) is 38.1 Å². The molecule has 0 saturated carbocycles. The van der Waals surface area contributed by atoms with Gasteiger partial charge in [0.15, 0.2) is 0 Å². The summed E-state index contributed by atoms with van der Waals surface area (Å²) >= 11 is 0. The molecule has 6 nitrogen and oxygen atoms in total. The second-order valence-electron chi connectivity index (χ2n) is 8.84. The Morgan fingerprint density at radius 3 is 2.46 bits per heavy atom. The van der Waals surface area contributed by atoms with Crippen LogP contribution in [0.25, 0.3) is 0 Å². The second kappa shape index (κ2) is 10.5. The number of hydrogen-bond acceptors (Lipinski definition) is 4. The zero-order valence-corrected chi connectivity index (χ0v) is 20.9. The highest BCUT2D eigenvalue weighted by Gasteiger charge is 2.39. The maximum atomic E-state index is 13.1. The number of carbonyl (C=O) groups excluding carboxylic acids is 1. The van der Waals surface area contributed by atoms with Gasteiger partial charge >= 0.3 is 6.18 Å². The number of nitrogens with zero attached hydrogens (tertiary/aromatic N) is 1. The van der Waals surface area contributed by atoms with Crippen LogP contribution in [0.4, 0.5) is 18.9 Å². The zero-order chi connectivity index (χ0) is 25.9. The van der Waals surface area contributed by atoms with Crippen molar-refractivity contribution in [3.8, 4) is 5.75 Å². The van der Waals surface area contributed by atoms with Crippen LogP contribution in [0, 0.1) is 0 Å². The first-order chi connectivity index (χ1) is 16.4. The molecule has 1 aliphatic heterocycles. The average Bonchev–Trinajstić information content (AvgIpc) is 2.80. The molecular weight excluding hydrogens is 481 g/mol. The number of amides is 1. The van der Waals surface area contributed by atoms with E-state index < -0.39 is 21.8 Å². The van der Waals surface area contributed by atoms with Crippen molar-refractivity contribution in [2.75, 3.05) is 17.1 Å². The molecule has 2 aromatic carbocycles. The Kier molecular flexibility index (Phi) is 8.03. The van der Waals surface area contributed by atoms with Crippen molar-refractivity contribution < 1.29 is 31.1 Å². The topological polar surface area (TPSA) is 75.7 Å². The molecule has 0 radical (unpaired) electrons. The Bertz CT molecular complexity index is 1150. The summed E-state index contributed by atoms with van der Waals surface area (Å²) in [5, 5.41) is 3.04. The van der Waals surface area contributed by atoms with Gasteiger partial charge in [0.1, 0.15) is 11.4 Å². The third-order valence-corrected chi connectivity index (χ3v) is 7.64. The van der Waals surface area contributed by atoms with Crippen molar-refractivity contribution in [2.24, 2.45) is 0 Å². The van der Waals surface area contributed by atoms with E-state index in [9.17, 15) is 26.4 Å². The molecule has 10 heteroatoms. The fourth-order valence-corrected chi connectivity index (χ4v) is 5.36. The molecule has 192 valence electrons. The molecule has 0 fully saturated rings. The molecule has 0 spiro atoms. The quantitative estimate of drug-likeness (QED) is 0.485. The van der Waals surface area contributed by atoms with Crippen molar-refractivity contribution >= 4 is 21.6 Å². The predicted octanol–water partition coefficient (Wildman–Crippen LogP) is 5.45. The zero-order valence-electron chi connectivity index (χ0n) is 20.1. The maximum Gasteiger partial charge on any atom is 0.416 e. The average molecular weight is 513 g/mol. The number of fused-ring (bicyclic) bond motifs is 1. The van der Waals surface area contributed by atoms with Crippen molar-refractivity contribution in [2.45, 2.75) is 63.8 Å². The molecule has 3 rings (SSSR count). The lowest BCUT2D eigenvalue weighted by Crippen LogP contribution is -2.44. The van der Waals surface area contributed by atoms with Crippen LogP contribution in [0.5, 0.6) is 5.75 Å². The molecular formula is C25H31F3N2O4S. The minimum Gasteiger partial charge on any atom is -0.487 e. The molecule has 1 aliphatic rings. The third-order valence-electron chi connectivity index (χ3n) is 6.45. The van der Waals surface area contributed by atoms with Gasteiger partial charge in [0.25, 0.3) is 0 Å². The predicted molar refractivity (Wildman–Crippen MR) is 129 cm³/mol. The Hall–Kier alpha value is -2.75. The highest BCUT2D eigenvalue weighted by Crippen LogP contribution is 2.42. The van der Waals surface area contributed by atoms with Crippen LogP contribution in [0.3, 0.4) is 0 Å². The lowest BCUT2D eigenvalue weighted by atomic mass is 9.83. The van der Waals surface area contributed by atoms with E-state index in [0.29, 0.717) is 6.42 Å². The summed E-state index contributed by atoms with van der Waals surface area (Å²) in [5.41, 5.74) is -0.519. The van der Waals surface area contributed by atoms with Crippen LogP contribution in [0.2, 0.25) is 0 Å². The van der Waals surface area contributed by atoms with Crippen LogP contribution >= 0.6 is 0 Å². The molecule has 2 aromatic rings. The van der Waals surface area contributed by atoms with Gasteiger partial charge in [0.05, 0.1) is 23.5 Å². The molecule has 35 heavy (non-hydrogen) atoms. The standard InChI is InChI=1S/C25H31F3N2O4S/c1-4-24(5-2)17-21(20-12-6-7-13-22(20)34-24)29-23(31)14-9-15-30(35(3,32)33)19-11-8-10-18(16-19)25(26,27)28/h6-8,10-13,16,21H,4-5,9,14-15,17H2,1-3H3,(H,29,31)/t21-/m0/s1. The highest BCUT2D eigenvalue weighted by molar-refractivity contribution is 7.92. The SMILES string of the molecule is CCC1(CC)C[C@H](NC(=O)CCCN(c2cccc(C(F)(F)F)c2)S(C)(=O)=O)c2ccccc2O1. The number of hydrogen-bond donors (Lipinski definition) is 1. The largest absolute Gasteiger partial charge is 0.487 e. The van der Waals surface area contributed by atoms with Crippen LogP contribution in [0.15, 0.2) is 48.5 Å². The van der Waals surface area contributed by atoms with Crippen molar-refractivity contribution in [1.29, 1.82) is 0 Å². The summed E-state index contributed by atoms with van der Waals surface area (Å²) in [6.07, 6.45) is -1.31. The summed E-state index contributed by atoms with van der Waals surface area (Å²) in [6.45, 7) is 3.97. The number of anilines is 1. The number of ether oxygens (including phenoxy) is 1. The maximum absolute atomic E-state index is 13.1. The van der Waals surface area contributed by atoms with E-state index in [0.717, 1.165) is 46.8 Å². The second-order valence-corrected chi connectivity index (χ2v) is 10.7. The van der Waals surface area contributed by atoms with Crippen LogP contribution < -0.4 is 14.4 Å². The van der Waals surface area contributed by atoms with Crippen molar-refractivity contribution in [1.82, 2.24) is 5.32 Å². The van der Waals surface area contributed by atoms with E-state index in [2.05, 4.69) is 5.32 Å². The van der Waals surface area contributed by atoms with Gasteiger partial charge in [0.2, 0.25) is 15.9 Å². The fraction of sp³-hybridized carbons (Fsp3) is 0.480. The van der Waals surface area contributed by atoms with Gasteiger partial charge in [-0.1, -0.05) is 38.1 Å². The first-order valence-electron chi connectivity index (χ1n) is 11.6. The number of carbonyl (C=O) groups is 1. The number of rotatable bonds is 9. The third kappa shape index (κ3) is 6.48. The van der Waals surface area contributed by atoms with Gasteiger partial charge in [-0.05, 0) is 43.5 Å². The summed E-state index contributed by atoms with van der Waals surface area (Å²) < 4.78 is 71.0. The van der Waals surface area contributed by atoms with Crippen molar-refractivity contribution in [3.63, 3.8) is 0 Å². The molecule has 0 saturated heterocycles. The Balaban J connectivity index is 1.69. The lowest BCUT2D eigenvalue weighted by Gasteiger charge is -2.41. The molecule has 1 heterocycles. The number of sulfonamides is 1. The van der Waals surface area contributed by atoms with Crippen LogP contribution in [-0.2, 0) is 21.0 Å². The van der Waals surface area contributed by atoms with Gasteiger partial charge in [-0.15, -0.1) is 0 Å². The normalized spacial score (nSPS) is 17.3. The van der Waals surface area contributed by atoms with Gasteiger partial charge in [-0.2, -0.15) is 13.2 Å². The monoisotopic (exact) mass is 512 g/mol. The fourth-order valence-electron chi connectivity index (χ4n) is 4.40. The molecule has 0 bridgehead atoms. The van der Waals surface area contributed by atoms with E-state index in [1.54, 1.807) is 0 Å². The van der Waals surface area contributed by atoms with E-state index in [-0.39, 0.29) is 42.6 Å². The minimum absolute atomic E-state index is 0.0236. The summed E-state index contributed by atoms with van der Waals surface area (Å²) in [4.78, 5) is 12.8. The first-order valence-corrected chi connectivity index (χ1v) is 13.5. The molecule has 0 aromatic heterocycles. The molecule has 1 amide bonds. The molecule has 1 atom stereocenters. The first kappa shape index (κ1) is 26.8. The van der Waals surface area contributed by atoms with Crippen LogP contribution in [-0.4, -0.2) is 32.7 Å². The lowest BCUT2D eigenvalue weighted by molar-refractivity contribution is -0.137. The number of alkyl halides is 3. The number of benzene rings is 2. The van der Waals surface area contributed by atoms with Gasteiger partial charge in [-0.25, -0.2) is 8.42 Å². The number of halogens is 3. The molecule has 1 N–H and O–H groups in total. The Morgan fingerprint density at radius 2 is 1.83 bits per heavy atom. The summed E-state index contributed by atoms with van der Waals surface area (Å²) in [5.74, 6) is 0.478. The van der Waals surface area contributed by atoms with E-state index in [4.69, 9.17) is 4.74 Å². The van der Waals surface area contributed by atoms with Crippen LogP contribution in [0.1, 0.15) is 63.1 Å². The summed E-state index contributed by atoms with van der Waals surface area (Å²) in [6, 6.07) is 11.5. The van der Waals surface area contributed by atoms with E-state index >= 15 is 0 Å². The van der Waals surface area contributed by atoms with Gasteiger partial charge in [0, 0.05) is 24.9 Å². The highest BCUT2D eigenvalue weighted by atomic mass is 32.2. The Labute approximate surface area is 204 Å². The minimum atomic E-state index is -4.59. The molecule has 0 unspecified atom stereocenters. The van der Waals surface area contributed by atoms with E-state index in [1.165, 1.54) is 12.1 Å². The smallest absolute Gasteiger partial charge is 0.416 e. The number of para-hydroxylation sites is 1. The van der Waals surface area contributed by atoms with Gasteiger partial charge < -0.3 is 10.1 Å². The number of nitrogens with one attached hydrogen (secondary N) is 1. The molecule has 0 aliphatic carbocycles. The van der Waals surface area contributed by atoms with Crippen molar-refractivity contribution in [3.05, 3.63) is 59.7 Å². The van der Waals surface area contributed by atoms with Gasteiger partial charge in [-0.3, -0.25) is 9.10 Å². The summed E-state index contributed by atoms with van der Waals surface area (Å²) in [7, 11) is -3.85.